The fourth-order valence-electron chi connectivity index (χ4n) is 1.02. The molecule has 0 aromatic carbocycles. The van der Waals surface area contributed by atoms with Crippen LogP contribution in [0.15, 0.2) is 18.5 Å². The maximum atomic E-state index is 11.6. The van der Waals surface area contributed by atoms with Crippen molar-refractivity contribution in [3.63, 3.8) is 0 Å². The van der Waals surface area contributed by atoms with E-state index in [4.69, 9.17) is 4.74 Å². The molecule has 1 amide bonds. The second-order valence-electron chi connectivity index (χ2n) is 2.84. The third-order valence-electron chi connectivity index (χ3n) is 1.72. The van der Waals surface area contributed by atoms with Crippen molar-refractivity contribution in [3.8, 4) is 0 Å². The third-order valence-corrected chi connectivity index (χ3v) is 2.58. The Labute approximate surface area is 107 Å². The summed E-state index contributed by atoms with van der Waals surface area (Å²) in [6.07, 6.45) is 3.11. The molecule has 86 valence electrons. The summed E-state index contributed by atoms with van der Waals surface area (Å²) in [6, 6.07) is 1.60. The zero-order valence-electron chi connectivity index (χ0n) is 8.70. The Hall–Kier alpha value is -1.18. The van der Waals surface area contributed by atoms with E-state index in [9.17, 15) is 9.59 Å². The lowest BCUT2D eigenvalue weighted by Gasteiger charge is -2.05. The average molecular weight is 334 g/mol. The van der Waals surface area contributed by atoms with Crippen molar-refractivity contribution in [1.82, 2.24) is 10.3 Å². The first kappa shape index (κ1) is 12.9. The molecule has 1 N–H and O–H groups in total. The molecule has 1 heterocycles. The Kier molecular flexibility index (Phi) is 5.17. The molecule has 0 bridgehead atoms. The fourth-order valence-corrected chi connectivity index (χ4v) is 1.60. The van der Waals surface area contributed by atoms with Crippen LogP contribution in [0.5, 0.6) is 0 Å². The summed E-state index contributed by atoms with van der Waals surface area (Å²) in [5.74, 6) is -0.750. The first-order chi connectivity index (χ1) is 7.65. The van der Waals surface area contributed by atoms with E-state index in [1.54, 1.807) is 19.2 Å². The van der Waals surface area contributed by atoms with E-state index in [0.717, 1.165) is 3.57 Å². The molecule has 5 nitrogen and oxygen atoms in total. The summed E-state index contributed by atoms with van der Waals surface area (Å²) >= 11 is 2.01. The monoisotopic (exact) mass is 334 g/mol. The highest BCUT2D eigenvalue weighted by molar-refractivity contribution is 14.1. The molecule has 0 spiro atoms. The molecule has 0 aliphatic rings. The summed E-state index contributed by atoms with van der Waals surface area (Å²) in [7, 11) is 0. The van der Waals surface area contributed by atoms with Gasteiger partial charge in [0.1, 0.15) is 6.54 Å². The third kappa shape index (κ3) is 3.76. The lowest BCUT2D eigenvalue weighted by atomic mass is 10.2. The maximum absolute atomic E-state index is 11.6. The highest BCUT2D eigenvalue weighted by Gasteiger charge is 2.10. The van der Waals surface area contributed by atoms with Crippen LogP contribution in [0.4, 0.5) is 0 Å². The molecular formula is C10H11IN2O3. The Balaban J connectivity index is 2.54. The molecule has 6 heteroatoms. The Morgan fingerprint density at radius 1 is 1.56 bits per heavy atom. The summed E-state index contributed by atoms with van der Waals surface area (Å²) in [4.78, 5) is 26.5. The van der Waals surface area contributed by atoms with Crippen LogP contribution in [0.25, 0.3) is 0 Å². The van der Waals surface area contributed by atoms with E-state index in [1.807, 2.05) is 22.6 Å². The predicted octanol–water partition coefficient (Wildman–Crippen LogP) is 0.979. The van der Waals surface area contributed by atoms with Crippen molar-refractivity contribution in [2.45, 2.75) is 6.92 Å². The molecule has 0 unspecified atom stereocenters. The smallest absolute Gasteiger partial charge is 0.325 e. The Morgan fingerprint density at radius 2 is 2.31 bits per heavy atom. The zero-order chi connectivity index (χ0) is 12.0. The molecule has 0 saturated carbocycles. The molecule has 0 aliphatic carbocycles. The Morgan fingerprint density at radius 3 is 2.94 bits per heavy atom. The van der Waals surface area contributed by atoms with Crippen LogP contribution < -0.4 is 5.32 Å². The van der Waals surface area contributed by atoms with Crippen molar-refractivity contribution in [2.24, 2.45) is 0 Å². The topological polar surface area (TPSA) is 68.3 Å². The largest absolute Gasteiger partial charge is 0.465 e. The van der Waals surface area contributed by atoms with Gasteiger partial charge in [0.15, 0.2) is 0 Å². The van der Waals surface area contributed by atoms with Gasteiger partial charge in [-0.25, -0.2) is 0 Å². The number of pyridine rings is 1. The van der Waals surface area contributed by atoms with Gasteiger partial charge >= 0.3 is 5.97 Å². The summed E-state index contributed by atoms with van der Waals surface area (Å²) in [5.41, 5.74) is 0.500. The number of ether oxygens (including phenoxy) is 1. The molecule has 16 heavy (non-hydrogen) atoms. The molecule has 0 radical (unpaired) electrons. The van der Waals surface area contributed by atoms with Crippen molar-refractivity contribution in [2.75, 3.05) is 13.2 Å². The zero-order valence-corrected chi connectivity index (χ0v) is 10.9. The Bertz CT molecular complexity index is 395. The van der Waals surface area contributed by atoms with Crippen molar-refractivity contribution in [1.29, 1.82) is 0 Å². The van der Waals surface area contributed by atoms with E-state index >= 15 is 0 Å². The van der Waals surface area contributed by atoms with Gasteiger partial charge in [-0.05, 0) is 35.6 Å². The number of carbonyl (C=O) groups is 2. The molecule has 0 saturated heterocycles. The number of carbonyl (C=O) groups excluding carboxylic acids is 2. The number of amides is 1. The predicted molar refractivity (Wildman–Crippen MR) is 65.9 cm³/mol. The molecule has 1 rings (SSSR count). The lowest BCUT2D eigenvalue weighted by molar-refractivity contribution is -0.141. The number of hydrogen-bond donors (Lipinski definition) is 1. The minimum Gasteiger partial charge on any atom is -0.465 e. The number of aromatic nitrogens is 1. The van der Waals surface area contributed by atoms with Crippen LogP contribution in [0.1, 0.15) is 17.3 Å². The first-order valence-corrected chi connectivity index (χ1v) is 5.76. The number of hydrogen-bond acceptors (Lipinski definition) is 4. The van der Waals surface area contributed by atoms with Crippen LogP contribution in [0, 0.1) is 3.57 Å². The van der Waals surface area contributed by atoms with E-state index in [2.05, 4.69) is 10.3 Å². The second-order valence-corrected chi connectivity index (χ2v) is 4.01. The number of rotatable bonds is 4. The van der Waals surface area contributed by atoms with Crippen LogP contribution in [0.3, 0.4) is 0 Å². The average Bonchev–Trinajstić information content (AvgIpc) is 2.27. The SMILES string of the molecule is CCOC(=O)CNC(=O)c1ccncc1I. The van der Waals surface area contributed by atoms with Crippen molar-refractivity contribution >= 4 is 34.5 Å². The molecule has 0 fully saturated rings. The molecule has 1 aromatic rings. The van der Waals surface area contributed by atoms with E-state index in [0.29, 0.717) is 12.2 Å². The van der Waals surface area contributed by atoms with Gasteiger partial charge in [0.2, 0.25) is 0 Å². The molecule has 1 aromatic heterocycles. The van der Waals surface area contributed by atoms with Gasteiger partial charge in [-0.3, -0.25) is 14.6 Å². The lowest BCUT2D eigenvalue weighted by Crippen LogP contribution is -2.31. The van der Waals surface area contributed by atoms with Crippen LogP contribution >= 0.6 is 22.6 Å². The van der Waals surface area contributed by atoms with Gasteiger partial charge in [-0.1, -0.05) is 0 Å². The first-order valence-electron chi connectivity index (χ1n) is 4.68. The van der Waals surface area contributed by atoms with Crippen LogP contribution in [-0.4, -0.2) is 30.0 Å². The van der Waals surface area contributed by atoms with Crippen molar-refractivity contribution < 1.29 is 14.3 Å². The number of halogens is 1. The minimum atomic E-state index is -0.445. The van der Waals surface area contributed by atoms with E-state index < -0.39 is 5.97 Å². The van der Waals surface area contributed by atoms with Crippen LogP contribution in [-0.2, 0) is 9.53 Å². The second kappa shape index (κ2) is 6.41. The normalized spacial score (nSPS) is 9.62. The van der Waals surface area contributed by atoms with E-state index in [-0.39, 0.29) is 12.5 Å². The van der Waals surface area contributed by atoms with Gasteiger partial charge in [0.05, 0.1) is 12.2 Å². The maximum Gasteiger partial charge on any atom is 0.325 e. The standard InChI is InChI=1S/C10H11IN2O3/c1-2-16-9(14)6-13-10(15)7-3-4-12-5-8(7)11/h3-5H,2,6H2,1H3,(H,13,15). The van der Waals surface area contributed by atoms with Gasteiger partial charge in [-0.2, -0.15) is 0 Å². The molecular weight excluding hydrogens is 323 g/mol. The van der Waals surface area contributed by atoms with E-state index in [1.165, 1.54) is 6.20 Å². The number of esters is 1. The minimum absolute atomic E-state index is 0.120. The fraction of sp³-hybridized carbons (Fsp3) is 0.300. The quantitative estimate of drug-likeness (QED) is 0.658. The number of nitrogens with one attached hydrogen (secondary N) is 1. The summed E-state index contributed by atoms with van der Waals surface area (Å²) in [6.45, 7) is 1.90. The highest BCUT2D eigenvalue weighted by Crippen LogP contribution is 2.09. The molecule has 0 atom stereocenters. The van der Waals surface area contributed by atoms with Crippen molar-refractivity contribution in [3.05, 3.63) is 27.6 Å². The van der Waals surface area contributed by atoms with Gasteiger partial charge < -0.3 is 10.1 Å². The summed E-state index contributed by atoms with van der Waals surface area (Å²) in [5, 5.41) is 2.48. The van der Waals surface area contributed by atoms with Crippen LogP contribution in [0.2, 0.25) is 0 Å². The molecule has 0 aliphatic heterocycles. The van der Waals surface area contributed by atoms with Gasteiger partial charge in [0.25, 0.3) is 5.91 Å². The number of nitrogens with zero attached hydrogens (tertiary/aromatic N) is 1. The van der Waals surface area contributed by atoms with Gasteiger partial charge in [-0.15, -0.1) is 0 Å². The highest BCUT2D eigenvalue weighted by atomic mass is 127. The van der Waals surface area contributed by atoms with Gasteiger partial charge in [0, 0.05) is 16.0 Å². The summed E-state index contributed by atoms with van der Waals surface area (Å²) < 4.78 is 5.43.